The van der Waals surface area contributed by atoms with Crippen molar-refractivity contribution >= 4 is 52.5 Å². The van der Waals surface area contributed by atoms with Crippen molar-refractivity contribution in [3.8, 4) is 5.75 Å². The van der Waals surface area contributed by atoms with E-state index in [9.17, 15) is 19.5 Å². The van der Waals surface area contributed by atoms with E-state index in [1.807, 2.05) is 95.3 Å². The van der Waals surface area contributed by atoms with Crippen LogP contribution in [0.5, 0.6) is 5.75 Å². The number of fused-ring (bicyclic) bond motifs is 2. The van der Waals surface area contributed by atoms with Gasteiger partial charge in [-0.15, -0.1) is 11.8 Å². The standard InChI is InChI=1S/C35H40ClN3O5S/c1-6-44-24-14-12-23(13-15-24)37-18-8-16-34(5)27(31(37)41)28-32(42)39(26(20-40)21(2)3)30-33(43)38(19-9-17-35(28,30)45-34)29-22(4)10-7-11-25(29)36/h7-17,21,26-28,30,40H,6,18-20H2,1-5H3/t26-,27-,28-,30?,34+,35-/m0/s1. The number of hydrogen-bond donors (Lipinski definition) is 1. The van der Waals surface area contributed by atoms with Gasteiger partial charge in [0.15, 0.2) is 0 Å². The largest absolute Gasteiger partial charge is 0.494 e. The van der Waals surface area contributed by atoms with Crippen LogP contribution in [0.15, 0.2) is 66.8 Å². The molecule has 0 bridgehead atoms. The molecule has 4 aliphatic heterocycles. The van der Waals surface area contributed by atoms with Crippen molar-refractivity contribution in [2.45, 2.75) is 56.2 Å². The zero-order chi connectivity index (χ0) is 32.3. The lowest BCUT2D eigenvalue weighted by Crippen LogP contribution is -2.58. The van der Waals surface area contributed by atoms with Gasteiger partial charge in [0, 0.05) is 23.5 Å². The summed E-state index contributed by atoms with van der Waals surface area (Å²) in [6.45, 7) is 10.6. The van der Waals surface area contributed by atoms with E-state index in [-0.39, 0.29) is 36.8 Å². The number of halogens is 1. The Kier molecular flexibility index (Phi) is 8.33. The highest BCUT2D eigenvalue weighted by molar-refractivity contribution is 8.02. The summed E-state index contributed by atoms with van der Waals surface area (Å²) >= 11 is 8.22. The summed E-state index contributed by atoms with van der Waals surface area (Å²) in [6, 6.07) is 11.4. The molecule has 0 aliphatic carbocycles. The molecule has 2 saturated heterocycles. The maximum absolute atomic E-state index is 14.9. The highest BCUT2D eigenvalue weighted by atomic mass is 35.5. The molecular weight excluding hydrogens is 610 g/mol. The molecule has 0 aromatic heterocycles. The number of benzene rings is 2. The molecule has 1 N–H and O–H groups in total. The lowest BCUT2D eigenvalue weighted by atomic mass is 9.74. The number of amides is 3. The summed E-state index contributed by atoms with van der Waals surface area (Å²) in [5, 5.41) is 11.1. The fourth-order valence-electron chi connectivity index (χ4n) is 7.73. The molecule has 6 atom stereocenters. The Balaban J connectivity index is 1.49. The molecule has 1 unspecified atom stereocenters. The summed E-state index contributed by atoms with van der Waals surface area (Å²) in [7, 11) is 0. The number of thioether (sulfide) groups is 1. The lowest BCUT2D eigenvalue weighted by Gasteiger charge is -2.41. The molecule has 8 nitrogen and oxygen atoms in total. The van der Waals surface area contributed by atoms with Gasteiger partial charge in [-0.05, 0) is 62.6 Å². The van der Waals surface area contributed by atoms with Gasteiger partial charge in [0.2, 0.25) is 11.8 Å². The molecule has 238 valence electrons. The summed E-state index contributed by atoms with van der Waals surface area (Å²) in [6.07, 6.45) is 7.96. The number of carbonyl (C=O) groups excluding carboxylic acids is 3. The van der Waals surface area contributed by atoms with E-state index in [4.69, 9.17) is 16.3 Å². The number of rotatable bonds is 7. The first kappa shape index (κ1) is 31.7. The Bertz CT molecular complexity index is 1560. The van der Waals surface area contributed by atoms with Crippen LogP contribution in [-0.2, 0) is 14.4 Å². The van der Waals surface area contributed by atoms with E-state index in [2.05, 4.69) is 0 Å². The first-order chi connectivity index (χ1) is 21.5. The third kappa shape index (κ3) is 4.89. The van der Waals surface area contributed by atoms with Crippen LogP contribution in [0.1, 0.15) is 33.3 Å². The van der Waals surface area contributed by atoms with Crippen LogP contribution in [0.4, 0.5) is 11.4 Å². The van der Waals surface area contributed by atoms with Gasteiger partial charge < -0.3 is 24.5 Å². The Morgan fingerprint density at radius 1 is 0.978 bits per heavy atom. The number of aliphatic hydroxyl groups excluding tert-OH is 1. The average molecular weight is 650 g/mol. The third-order valence-corrected chi connectivity index (χ3v) is 11.8. The molecule has 6 rings (SSSR count). The molecule has 4 aliphatic rings. The van der Waals surface area contributed by atoms with Crippen molar-refractivity contribution in [2.24, 2.45) is 17.8 Å². The number of hydrogen-bond acceptors (Lipinski definition) is 6. The number of carbonyl (C=O) groups is 3. The van der Waals surface area contributed by atoms with Crippen LogP contribution in [0.3, 0.4) is 0 Å². The minimum atomic E-state index is -1.04. The predicted octanol–water partition coefficient (Wildman–Crippen LogP) is 5.26. The second-order valence-electron chi connectivity index (χ2n) is 12.8. The number of ether oxygens (including phenoxy) is 1. The fourth-order valence-corrected chi connectivity index (χ4v) is 10.2. The fraction of sp³-hybridized carbons (Fsp3) is 0.457. The van der Waals surface area contributed by atoms with Gasteiger partial charge in [0.05, 0.1) is 46.5 Å². The Morgan fingerprint density at radius 3 is 2.31 bits per heavy atom. The minimum absolute atomic E-state index is 0.133. The van der Waals surface area contributed by atoms with Crippen LogP contribution in [-0.4, -0.2) is 75.6 Å². The summed E-state index contributed by atoms with van der Waals surface area (Å²) in [5.74, 6) is -1.69. The third-order valence-electron chi connectivity index (χ3n) is 9.73. The highest BCUT2D eigenvalue weighted by Crippen LogP contribution is 2.66. The van der Waals surface area contributed by atoms with E-state index in [1.165, 1.54) is 11.8 Å². The second kappa shape index (κ2) is 11.8. The van der Waals surface area contributed by atoms with Crippen LogP contribution in [0, 0.1) is 24.7 Å². The van der Waals surface area contributed by atoms with Crippen molar-refractivity contribution in [1.82, 2.24) is 4.90 Å². The molecular formula is C35H40ClN3O5S. The topological polar surface area (TPSA) is 90.4 Å². The van der Waals surface area contributed by atoms with E-state index in [1.54, 1.807) is 20.8 Å². The lowest BCUT2D eigenvalue weighted by molar-refractivity contribution is -0.143. The van der Waals surface area contributed by atoms with E-state index in [0.717, 1.165) is 5.56 Å². The molecule has 2 fully saturated rings. The summed E-state index contributed by atoms with van der Waals surface area (Å²) in [4.78, 5) is 49.5. The normalized spacial score (nSPS) is 29.9. The molecule has 1 spiro atoms. The summed E-state index contributed by atoms with van der Waals surface area (Å²) < 4.78 is 3.82. The molecule has 0 saturated carbocycles. The van der Waals surface area contributed by atoms with Crippen LogP contribution >= 0.6 is 23.4 Å². The van der Waals surface area contributed by atoms with Gasteiger partial charge in [-0.3, -0.25) is 14.4 Å². The van der Waals surface area contributed by atoms with E-state index >= 15 is 0 Å². The van der Waals surface area contributed by atoms with Crippen molar-refractivity contribution < 1.29 is 24.2 Å². The molecule has 45 heavy (non-hydrogen) atoms. The molecule has 2 aromatic carbocycles. The monoisotopic (exact) mass is 649 g/mol. The van der Waals surface area contributed by atoms with Crippen molar-refractivity contribution in [3.63, 3.8) is 0 Å². The van der Waals surface area contributed by atoms with Crippen LogP contribution in [0.25, 0.3) is 0 Å². The van der Waals surface area contributed by atoms with Crippen molar-refractivity contribution in [3.05, 3.63) is 77.4 Å². The smallest absolute Gasteiger partial charge is 0.251 e. The van der Waals surface area contributed by atoms with Gasteiger partial charge >= 0.3 is 0 Å². The number of anilines is 2. The number of aliphatic hydroxyl groups is 1. The van der Waals surface area contributed by atoms with E-state index in [0.29, 0.717) is 35.3 Å². The van der Waals surface area contributed by atoms with Crippen molar-refractivity contribution in [1.29, 1.82) is 0 Å². The van der Waals surface area contributed by atoms with Gasteiger partial charge in [0.1, 0.15) is 11.8 Å². The maximum Gasteiger partial charge on any atom is 0.251 e. The molecule has 0 radical (unpaired) electrons. The van der Waals surface area contributed by atoms with Gasteiger partial charge in [-0.1, -0.05) is 61.9 Å². The summed E-state index contributed by atoms with van der Waals surface area (Å²) in [5.41, 5.74) is 2.16. The predicted molar refractivity (Wildman–Crippen MR) is 179 cm³/mol. The molecule has 4 heterocycles. The first-order valence-electron chi connectivity index (χ1n) is 15.6. The van der Waals surface area contributed by atoms with Crippen LogP contribution < -0.4 is 14.5 Å². The second-order valence-corrected chi connectivity index (χ2v) is 15.0. The van der Waals surface area contributed by atoms with Gasteiger partial charge in [0.25, 0.3) is 5.91 Å². The van der Waals surface area contributed by atoms with Gasteiger partial charge in [-0.25, -0.2) is 0 Å². The number of likely N-dealkylation sites (tertiary alicyclic amines) is 1. The Morgan fingerprint density at radius 2 is 1.67 bits per heavy atom. The highest BCUT2D eigenvalue weighted by Gasteiger charge is 2.74. The van der Waals surface area contributed by atoms with Gasteiger partial charge in [-0.2, -0.15) is 0 Å². The SMILES string of the molecule is CCOc1ccc(N2CC=C[C@@]3(C)S[C@]45C=CCN(c6c(C)cccc6Cl)C(=O)C4N([C@@H](CO)C(C)C)C(=O)[C@@H]5[C@H]3C2=O)cc1. The molecule has 3 amide bonds. The van der Waals surface area contributed by atoms with Crippen LogP contribution in [0.2, 0.25) is 5.02 Å². The molecule has 10 heteroatoms. The minimum Gasteiger partial charge on any atom is -0.494 e. The molecule has 2 aromatic rings. The quantitative estimate of drug-likeness (QED) is 0.412. The van der Waals surface area contributed by atoms with Crippen molar-refractivity contribution in [2.75, 3.05) is 36.1 Å². The maximum atomic E-state index is 14.9. The number of para-hydroxylation sites is 1. The first-order valence-corrected chi connectivity index (χ1v) is 16.8. The average Bonchev–Trinajstić information content (AvgIpc) is 3.26. The Labute approximate surface area is 274 Å². The zero-order valence-electron chi connectivity index (χ0n) is 26.3. The number of nitrogens with zero attached hydrogens (tertiary/aromatic N) is 3. The Hall–Kier alpha value is -3.27. The number of aryl methyl sites for hydroxylation is 1. The zero-order valence-corrected chi connectivity index (χ0v) is 27.8. The van der Waals surface area contributed by atoms with E-state index < -0.39 is 33.4 Å².